The Bertz CT molecular complexity index is 919. The molecule has 0 bridgehead atoms. The molecule has 7 heteroatoms. The molecule has 1 atom stereocenters. The van der Waals surface area contributed by atoms with E-state index in [0.29, 0.717) is 11.5 Å². The van der Waals surface area contributed by atoms with Gasteiger partial charge in [-0.05, 0) is 37.0 Å². The van der Waals surface area contributed by atoms with Crippen molar-refractivity contribution in [3.8, 4) is 5.75 Å². The lowest BCUT2D eigenvalue weighted by Crippen LogP contribution is -2.47. The van der Waals surface area contributed by atoms with Gasteiger partial charge in [-0.3, -0.25) is 0 Å². The molecule has 1 aromatic carbocycles. The monoisotopic (exact) mass is 336 g/mol. The lowest BCUT2D eigenvalue weighted by Gasteiger charge is -2.36. The Morgan fingerprint density at radius 2 is 2.04 bits per heavy atom. The summed E-state index contributed by atoms with van der Waals surface area (Å²) in [6, 6.07) is 7.68. The first kappa shape index (κ1) is 14.7. The second-order valence-electron chi connectivity index (χ2n) is 6.73. The maximum Gasteiger partial charge on any atom is 0.254 e. The van der Waals surface area contributed by atoms with E-state index in [1.54, 1.807) is 18.5 Å². The van der Waals surface area contributed by atoms with E-state index in [9.17, 15) is 5.11 Å². The molecule has 0 radical (unpaired) electrons. The molecule has 2 aromatic heterocycles. The predicted molar refractivity (Wildman–Crippen MR) is 93.9 cm³/mol. The van der Waals surface area contributed by atoms with Crippen LogP contribution < -0.4 is 10.2 Å². The van der Waals surface area contributed by atoms with Gasteiger partial charge in [0, 0.05) is 31.2 Å². The average molecular weight is 336 g/mol. The topological polar surface area (TPSA) is 78.6 Å². The number of hydrogen-bond acceptors (Lipinski definition) is 6. The number of aromatic nitrogens is 4. The average Bonchev–Trinajstić information content (AvgIpc) is 3.29. The van der Waals surface area contributed by atoms with E-state index >= 15 is 0 Å². The van der Waals surface area contributed by atoms with Crippen molar-refractivity contribution in [2.45, 2.75) is 25.3 Å². The maximum atomic E-state index is 9.53. The van der Waals surface area contributed by atoms with Crippen LogP contribution in [0.15, 0.2) is 30.6 Å². The molecule has 1 aliphatic heterocycles. The van der Waals surface area contributed by atoms with Gasteiger partial charge in [-0.2, -0.15) is 14.6 Å². The van der Waals surface area contributed by atoms with Crippen molar-refractivity contribution in [2.24, 2.45) is 0 Å². The first-order valence-electron chi connectivity index (χ1n) is 8.78. The summed E-state index contributed by atoms with van der Waals surface area (Å²) in [7, 11) is 0. The van der Waals surface area contributed by atoms with Crippen LogP contribution >= 0.6 is 0 Å². The first-order chi connectivity index (χ1) is 12.3. The van der Waals surface area contributed by atoms with Crippen molar-refractivity contribution in [3.63, 3.8) is 0 Å². The highest BCUT2D eigenvalue weighted by molar-refractivity contribution is 5.57. The highest BCUT2D eigenvalue weighted by Gasteiger charge is 2.28. The summed E-state index contributed by atoms with van der Waals surface area (Å²) in [5.41, 5.74) is 3.68. The van der Waals surface area contributed by atoms with Crippen LogP contribution in [0.25, 0.3) is 5.78 Å². The third-order valence-corrected chi connectivity index (χ3v) is 5.19. The van der Waals surface area contributed by atoms with Crippen molar-refractivity contribution < 1.29 is 5.11 Å². The number of phenolic OH excluding ortho intramolecular Hbond substituents is 1. The summed E-state index contributed by atoms with van der Waals surface area (Å²) in [6.07, 6.45) is 4.82. The zero-order valence-electron chi connectivity index (χ0n) is 13.9. The Morgan fingerprint density at radius 1 is 1.16 bits per heavy atom. The molecule has 7 nitrogen and oxygen atoms in total. The predicted octanol–water partition coefficient (Wildman–Crippen LogP) is 1.47. The number of anilines is 1. The van der Waals surface area contributed by atoms with E-state index in [0.717, 1.165) is 44.7 Å². The highest BCUT2D eigenvalue weighted by atomic mass is 16.3. The van der Waals surface area contributed by atoms with Crippen LogP contribution in [0.3, 0.4) is 0 Å². The smallest absolute Gasteiger partial charge is 0.254 e. The fourth-order valence-electron chi connectivity index (χ4n) is 4.00. The summed E-state index contributed by atoms with van der Waals surface area (Å²) in [5.74, 6) is 2.14. The Kier molecular flexibility index (Phi) is 3.34. The minimum Gasteiger partial charge on any atom is -0.508 e. The van der Waals surface area contributed by atoms with Gasteiger partial charge < -0.3 is 15.3 Å². The zero-order valence-corrected chi connectivity index (χ0v) is 13.9. The summed E-state index contributed by atoms with van der Waals surface area (Å²) in [6.45, 7) is 2.69. The van der Waals surface area contributed by atoms with Crippen LogP contribution in [-0.4, -0.2) is 44.3 Å². The fraction of sp³-hybridized carbons (Fsp3) is 0.389. The standard InChI is InChI=1S/C18H20N6O/c25-13-6-4-12(5-7-13)16-10-23(9-8-19-16)17-14-2-1-3-15(14)22-18-20-11-21-24(17)18/h4-7,11,16,19,25H,1-3,8-10H2. The van der Waals surface area contributed by atoms with Crippen LogP contribution in [0.2, 0.25) is 0 Å². The number of aryl methyl sites for hydroxylation is 1. The zero-order chi connectivity index (χ0) is 16.8. The molecule has 1 aliphatic carbocycles. The highest BCUT2D eigenvalue weighted by Crippen LogP contribution is 2.32. The number of nitrogens with zero attached hydrogens (tertiary/aromatic N) is 5. The van der Waals surface area contributed by atoms with Gasteiger partial charge in [-0.1, -0.05) is 12.1 Å². The number of rotatable bonds is 2. The minimum atomic E-state index is 0.220. The summed E-state index contributed by atoms with van der Waals surface area (Å²) in [5, 5.41) is 17.5. The summed E-state index contributed by atoms with van der Waals surface area (Å²) in [4.78, 5) is 11.4. The molecule has 0 saturated carbocycles. The molecule has 0 amide bonds. The number of aromatic hydroxyl groups is 1. The van der Waals surface area contributed by atoms with Gasteiger partial charge >= 0.3 is 0 Å². The number of phenols is 1. The molecule has 3 heterocycles. The number of benzene rings is 1. The number of fused-ring (bicyclic) bond motifs is 2. The third-order valence-electron chi connectivity index (χ3n) is 5.19. The molecule has 0 spiro atoms. The Labute approximate surface area is 145 Å². The quantitative estimate of drug-likeness (QED) is 0.738. The van der Waals surface area contributed by atoms with Crippen molar-refractivity contribution >= 4 is 11.6 Å². The van der Waals surface area contributed by atoms with Gasteiger partial charge in [0.2, 0.25) is 0 Å². The van der Waals surface area contributed by atoms with Crippen molar-refractivity contribution in [3.05, 3.63) is 47.4 Å². The number of piperazine rings is 1. The molecule has 2 aliphatic rings. The molecule has 25 heavy (non-hydrogen) atoms. The molecule has 128 valence electrons. The van der Waals surface area contributed by atoms with Gasteiger partial charge in [0.15, 0.2) is 0 Å². The van der Waals surface area contributed by atoms with Crippen molar-refractivity contribution in [2.75, 3.05) is 24.5 Å². The lowest BCUT2D eigenvalue weighted by atomic mass is 10.0. The fourth-order valence-corrected chi connectivity index (χ4v) is 4.00. The van der Waals surface area contributed by atoms with E-state index in [1.165, 1.54) is 16.8 Å². The van der Waals surface area contributed by atoms with E-state index in [1.807, 2.05) is 16.6 Å². The Hall–Kier alpha value is -2.67. The van der Waals surface area contributed by atoms with Crippen molar-refractivity contribution in [1.82, 2.24) is 24.9 Å². The van der Waals surface area contributed by atoms with Gasteiger partial charge in [0.25, 0.3) is 5.78 Å². The van der Waals surface area contributed by atoms with Gasteiger partial charge in [-0.25, -0.2) is 4.98 Å². The van der Waals surface area contributed by atoms with E-state index in [2.05, 4.69) is 25.3 Å². The van der Waals surface area contributed by atoms with Crippen molar-refractivity contribution in [1.29, 1.82) is 0 Å². The van der Waals surface area contributed by atoms with E-state index < -0.39 is 0 Å². The largest absolute Gasteiger partial charge is 0.508 e. The number of nitrogens with one attached hydrogen (secondary N) is 1. The molecule has 1 unspecified atom stereocenters. The molecular weight excluding hydrogens is 316 g/mol. The van der Waals surface area contributed by atoms with Gasteiger partial charge in [0.1, 0.15) is 17.9 Å². The molecule has 5 rings (SSSR count). The first-order valence-corrected chi connectivity index (χ1v) is 8.78. The third kappa shape index (κ3) is 2.42. The second-order valence-corrected chi connectivity index (χ2v) is 6.73. The van der Waals surface area contributed by atoms with Crippen LogP contribution in [0.5, 0.6) is 5.75 Å². The summed E-state index contributed by atoms with van der Waals surface area (Å²) < 4.78 is 1.89. The lowest BCUT2D eigenvalue weighted by molar-refractivity contribution is 0.461. The second kappa shape index (κ2) is 5.70. The molecule has 1 fully saturated rings. The van der Waals surface area contributed by atoms with Crippen LogP contribution in [0.4, 0.5) is 5.82 Å². The molecule has 1 saturated heterocycles. The molecule has 2 N–H and O–H groups in total. The van der Waals surface area contributed by atoms with Gasteiger partial charge in [-0.15, -0.1) is 0 Å². The summed E-state index contributed by atoms with van der Waals surface area (Å²) >= 11 is 0. The van der Waals surface area contributed by atoms with Crippen LogP contribution in [-0.2, 0) is 12.8 Å². The Morgan fingerprint density at radius 3 is 2.92 bits per heavy atom. The van der Waals surface area contributed by atoms with Gasteiger partial charge in [0.05, 0.1) is 5.69 Å². The normalized spacial score (nSPS) is 20.2. The van der Waals surface area contributed by atoms with Crippen LogP contribution in [0, 0.1) is 0 Å². The number of hydrogen-bond donors (Lipinski definition) is 2. The minimum absolute atomic E-state index is 0.220. The Balaban J connectivity index is 1.54. The SMILES string of the molecule is Oc1ccc(C2CN(c3c4c(nc5ncnn35)CCC4)CCN2)cc1. The van der Waals surface area contributed by atoms with E-state index in [-0.39, 0.29) is 6.04 Å². The van der Waals surface area contributed by atoms with Crippen LogP contribution in [0.1, 0.15) is 29.3 Å². The molecule has 3 aromatic rings. The maximum absolute atomic E-state index is 9.53. The van der Waals surface area contributed by atoms with E-state index in [4.69, 9.17) is 0 Å². The molecular formula is C18H20N6O.